The highest BCUT2D eigenvalue weighted by atomic mass is 14.7. The van der Waals surface area contributed by atoms with Gasteiger partial charge in [-0.2, -0.15) is 0 Å². The van der Waals surface area contributed by atoms with Gasteiger partial charge in [0.2, 0.25) is 0 Å². The standard InChI is InChI=1S/C12H15N/c1-9-4-5-11-10(6-9)7-12(2,3)8-13-11/h4-6,8H,7H2,1-3H3. The van der Waals surface area contributed by atoms with E-state index in [-0.39, 0.29) is 5.41 Å². The number of hydrogen-bond donors (Lipinski definition) is 0. The third-order valence-corrected chi connectivity index (χ3v) is 2.43. The Morgan fingerprint density at radius 1 is 1.31 bits per heavy atom. The fourth-order valence-corrected chi connectivity index (χ4v) is 1.76. The third kappa shape index (κ3) is 1.64. The average molecular weight is 173 g/mol. The van der Waals surface area contributed by atoms with Crippen LogP contribution in [0.15, 0.2) is 23.2 Å². The van der Waals surface area contributed by atoms with E-state index in [1.54, 1.807) is 0 Å². The zero-order valence-corrected chi connectivity index (χ0v) is 8.46. The second-order valence-corrected chi connectivity index (χ2v) is 4.56. The van der Waals surface area contributed by atoms with Gasteiger partial charge in [-0.1, -0.05) is 31.5 Å². The summed E-state index contributed by atoms with van der Waals surface area (Å²) in [6, 6.07) is 6.47. The Hall–Kier alpha value is -1.11. The minimum absolute atomic E-state index is 0.223. The molecule has 1 aromatic rings. The predicted octanol–water partition coefficient (Wildman–Crippen LogP) is 3.28. The number of rotatable bonds is 0. The zero-order chi connectivity index (χ0) is 9.47. The highest BCUT2D eigenvalue weighted by Gasteiger charge is 2.21. The van der Waals surface area contributed by atoms with E-state index < -0.39 is 0 Å². The quantitative estimate of drug-likeness (QED) is 0.571. The first-order valence-corrected chi connectivity index (χ1v) is 4.72. The third-order valence-electron chi connectivity index (χ3n) is 2.43. The highest BCUT2D eigenvalue weighted by Crippen LogP contribution is 2.32. The molecule has 0 N–H and O–H groups in total. The Morgan fingerprint density at radius 2 is 2.08 bits per heavy atom. The largest absolute Gasteiger partial charge is 0.260 e. The Morgan fingerprint density at radius 3 is 2.85 bits per heavy atom. The van der Waals surface area contributed by atoms with Crippen LogP contribution < -0.4 is 0 Å². The topological polar surface area (TPSA) is 12.4 Å². The highest BCUT2D eigenvalue weighted by molar-refractivity contribution is 5.74. The molecular weight excluding hydrogens is 158 g/mol. The summed E-state index contributed by atoms with van der Waals surface area (Å²) in [6.45, 7) is 6.58. The van der Waals surface area contributed by atoms with Crippen molar-refractivity contribution in [1.29, 1.82) is 0 Å². The minimum atomic E-state index is 0.223. The van der Waals surface area contributed by atoms with Crippen LogP contribution in [0.4, 0.5) is 5.69 Å². The molecule has 0 unspecified atom stereocenters. The van der Waals surface area contributed by atoms with E-state index in [1.807, 2.05) is 0 Å². The zero-order valence-electron chi connectivity index (χ0n) is 8.46. The van der Waals surface area contributed by atoms with Crippen molar-refractivity contribution in [1.82, 2.24) is 0 Å². The minimum Gasteiger partial charge on any atom is -0.260 e. The van der Waals surface area contributed by atoms with E-state index in [0.717, 1.165) is 12.1 Å². The molecule has 1 nitrogen and oxygen atoms in total. The van der Waals surface area contributed by atoms with Crippen LogP contribution in [0.5, 0.6) is 0 Å². The summed E-state index contributed by atoms with van der Waals surface area (Å²) in [5, 5.41) is 0. The number of hydrogen-bond acceptors (Lipinski definition) is 1. The van der Waals surface area contributed by atoms with Crippen LogP contribution in [0.25, 0.3) is 0 Å². The molecule has 0 fully saturated rings. The number of aryl methyl sites for hydroxylation is 1. The molecule has 1 heteroatoms. The Labute approximate surface area is 79.5 Å². The van der Waals surface area contributed by atoms with Crippen molar-refractivity contribution in [2.24, 2.45) is 10.4 Å². The smallest absolute Gasteiger partial charge is 0.0658 e. The average Bonchev–Trinajstić information content (AvgIpc) is 2.01. The van der Waals surface area contributed by atoms with Crippen molar-refractivity contribution in [3.63, 3.8) is 0 Å². The van der Waals surface area contributed by atoms with Gasteiger partial charge in [-0.25, -0.2) is 0 Å². The van der Waals surface area contributed by atoms with Crippen molar-refractivity contribution in [2.75, 3.05) is 0 Å². The molecule has 0 aliphatic carbocycles. The van der Waals surface area contributed by atoms with Crippen LogP contribution in [0.3, 0.4) is 0 Å². The lowest BCUT2D eigenvalue weighted by Gasteiger charge is -2.24. The van der Waals surface area contributed by atoms with Crippen LogP contribution in [0.2, 0.25) is 0 Å². The molecule has 0 bridgehead atoms. The van der Waals surface area contributed by atoms with Crippen molar-refractivity contribution in [3.8, 4) is 0 Å². The van der Waals surface area contributed by atoms with Crippen molar-refractivity contribution in [3.05, 3.63) is 29.3 Å². The lowest BCUT2D eigenvalue weighted by atomic mass is 9.84. The van der Waals surface area contributed by atoms with Crippen LogP contribution >= 0.6 is 0 Å². The summed E-state index contributed by atoms with van der Waals surface area (Å²) in [5.74, 6) is 0. The lowest BCUT2D eigenvalue weighted by Crippen LogP contribution is -2.19. The van der Waals surface area contributed by atoms with Crippen LogP contribution in [-0.2, 0) is 6.42 Å². The predicted molar refractivity (Wildman–Crippen MR) is 56.8 cm³/mol. The molecule has 0 atom stereocenters. The maximum atomic E-state index is 4.46. The van der Waals surface area contributed by atoms with Crippen molar-refractivity contribution < 1.29 is 0 Å². The molecule has 1 aliphatic heterocycles. The number of benzene rings is 1. The van der Waals surface area contributed by atoms with E-state index in [2.05, 4.69) is 50.2 Å². The molecule has 0 saturated carbocycles. The van der Waals surface area contributed by atoms with Gasteiger partial charge in [-0.3, -0.25) is 4.99 Å². The molecule has 68 valence electrons. The SMILES string of the molecule is Cc1ccc2c(c1)CC(C)(C)C=N2. The maximum Gasteiger partial charge on any atom is 0.0658 e. The Bertz CT molecular complexity index is 361. The summed E-state index contributed by atoms with van der Waals surface area (Å²) >= 11 is 0. The summed E-state index contributed by atoms with van der Waals surface area (Å²) in [6.07, 6.45) is 3.16. The van der Waals surface area contributed by atoms with E-state index in [1.165, 1.54) is 11.1 Å². The van der Waals surface area contributed by atoms with Crippen LogP contribution in [-0.4, -0.2) is 6.21 Å². The van der Waals surface area contributed by atoms with Crippen LogP contribution in [0, 0.1) is 12.3 Å². The van der Waals surface area contributed by atoms with Gasteiger partial charge in [0, 0.05) is 11.6 Å². The fourth-order valence-electron chi connectivity index (χ4n) is 1.76. The molecule has 0 radical (unpaired) electrons. The molecule has 0 saturated heterocycles. The fraction of sp³-hybridized carbons (Fsp3) is 0.417. The molecule has 1 aliphatic rings. The molecular formula is C12H15N. The van der Waals surface area contributed by atoms with Gasteiger partial charge in [-0.05, 0) is 25.0 Å². The second kappa shape index (κ2) is 2.69. The molecule has 13 heavy (non-hydrogen) atoms. The molecule has 1 heterocycles. The Kier molecular flexibility index (Phi) is 1.76. The monoisotopic (exact) mass is 173 g/mol. The summed E-state index contributed by atoms with van der Waals surface area (Å²) < 4.78 is 0. The lowest BCUT2D eigenvalue weighted by molar-refractivity contribution is 0.527. The summed E-state index contributed by atoms with van der Waals surface area (Å²) in [5.41, 5.74) is 4.07. The molecule has 0 amide bonds. The van der Waals surface area contributed by atoms with E-state index in [4.69, 9.17) is 0 Å². The van der Waals surface area contributed by atoms with Gasteiger partial charge in [0.15, 0.2) is 0 Å². The van der Waals surface area contributed by atoms with Gasteiger partial charge in [0.25, 0.3) is 0 Å². The van der Waals surface area contributed by atoms with Crippen LogP contribution in [0.1, 0.15) is 25.0 Å². The molecule has 0 aromatic heterocycles. The van der Waals surface area contributed by atoms with E-state index in [0.29, 0.717) is 0 Å². The van der Waals surface area contributed by atoms with Gasteiger partial charge in [0.05, 0.1) is 5.69 Å². The molecule has 1 aromatic carbocycles. The molecule has 2 rings (SSSR count). The number of fused-ring (bicyclic) bond motifs is 1. The normalized spacial score (nSPS) is 18.4. The maximum absolute atomic E-state index is 4.46. The first-order chi connectivity index (χ1) is 6.07. The van der Waals surface area contributed by atoms with Crippen molar-refractivity contribution in [2.45, 2.75) is 27.2 Å². The first kappa shape index (κ1) is 8.49. The van der Waals surface area contributed by atoms with Gasteiger partial charge in [0.1, 0.15) is 0 Å². The van der Waals surface area contributed by atoms with Gasteiger partial charge in [-0.15, -0.1) is 0 Å². The van der Waals surface area contributed by atoms with Crippen molar-refractivity contribution >= 4 is 11.9 Å². The summed E-state index contributed by atoms with van der Waals surface area (Å²) in [4.78, 5) is 4.46. The van der Waals surface area contributed by atoms with Gasteiger partial charge < -0.3 is 0 Å². The Balaban J connectivity index is 2.48. The van der Waals surface area contributed by atoms with Gasteiger partial charge >= 0.3 is 0 Å². The molecule has 0 spiro atoms. The summed E-state index contributed by atoms with van der Waals surface area (Å²) in [7, 11) is 0. The number of nitrogens with zero attached hydrogens (tertiary/aromatic N) is 1. The number of aliphatic imine (C=N–C) groups is 1. The van der Waals surface area contributed by atoms with E-state index in [9.17, 15) is 0 Å². The van der Waals surface area contributed by atoms with E-state index >= 15 is 0 Å². The first-order valence-electron chi connectivity index (χ1n) is 4.72. The second-order valence-electron chi connectivity index (χ2n) is 4.56.